The van der Waals surface area contributed by atoms with E-state index in [4.69, 9.17) is 10.5 Å². The minimum Gasteiger partial charge on any atom is -0.483 e. The van der Waals surface area contributed by atoms with Gasteiger partial charge in [-0.25, -0.2) is 4.79 Å². The predicted octanol–water partition coefficient (Wildman–Crippen LogP) is 1.13. The van der Waals surface area contributed by atoms with E-state index < -0.39 is 11.9 Å². The number of hydrogen-bond acceptors (Lipinski definition) is 4. The number of benzene rings is 1. The Morgan fingerprint density at radius 3 is 2.79 bits per heavy atom. The Bertz CT molecular complexity index is 466. The summed E-state index contributed by atoms with van der Waals surface area (Å²) < 4.78 is 6.30. The van der Waals surface area contributed by atoms with Gasteiger partial charge in [-0.3, -0.25) is 10.1 Å². The molecule has 0 spiro atoms. The molecule has 1 aromatic rings. The number of carbonyl (C=O) groups excluding carboxylic acids is 2. The van der Waals surface area contributed by atoms with Crippen LogP contribution in [0, 0.1) is 0 Å². The van der Waals surface area contributed by atoms with E-state index in [0.29, 0.717) is 12.3 Å². The van der Waals surface area contributed by atoms with Crippen LogP contribution in [0.3, 0.4) is 0 Å². The third-order valence-corrected chi connectivity index (χ3v) is 2.70. The van der Waals surface area contributed by atoms with Gasteiger partial charge in [-0.2, -0.15) is 0 Å². The van der Waals surface area contributed by atoms with E-state index in [1.165, 1.54) is 0 Å². The normalized spacial score (nSPS) is 10.0. The third-order valence-electron chi connectivity index (χ3n) is 2.21. The largest absolute Gasteiger partial charge is 0.483 e. The number of imide groups is 1. The molecule has 0 aliphatic rings. The van der Waals surface area contributed by atoms with Gasteiger partial charge in [-0.1, -0.05) is 22.9 Å². The predicted molar refractivity (Wildman–Crippen MR) is 74.7 cm³/mol. The maximum absolute atomic E-state index is 11.3. The van der Waals surface area contributed by atoms with Gasteiger partial charge in [0.15, 0.2) is 6.61 Å². The van der Waals surface area contributed by atoms with Gasteiger partial charge in [0.2, 0.25) is 0 Å². The van der Waals surface area contributed by atoms with Gasteiger partial charge in [0.1, 0.15) is 5.75 Å². The molecule has 1 aromatic carbocycles. The van der Waals surface area contributed by atoms with Crippen LogP contribution in [0.15, 0.2) is 22.7 Å². The molecule has 0 aliphatic carbocycles. The smallest absolute Gasteiger partial charge is 0.318 e. The summed E-state index contributed by atoms with van der Waals surface area (Å²) in [5, 5.41) is 5.11. The number of carbonyl (C=O) groups is 2. The second-order valence-electron chi connectivity index (χ2n) is 3.73. The second-order valence-corrected chi connectivity index (χ2v) is 4.65. The first-order chi connectivity index (χ1) is 9.02. The van der Waals surface area contributed by atoms with E-state index in [9.17, 15) is 9.59 Å². The summed E-state index contributed by atoms with van der Waals surface area (Å²) >= 11 is 3.38. The lowest BCUT2D eigenvalue weighted by atomic mass is 10.2. The van der Waals surface area contributed by atoms with Gasteiger partial charge in [0.25, 0.3) is 5.91 Å². The van der Waals surface area contributed by atoms with Crippen LogP contribution in [0.5, 0.6) is 5.75 Å². The fourth-order valence-electron chi connectivity index (χ4n) is 1.40. The molecule has 0 atom stereocenters. The number of primary amides is 1. The minimum absolute atomic E-state index is 0.260. The molecule has 19 heavy (non-hydrogen) atoms. The summed E-state index contributed by atoms with van der Waals surface area (Å²) in [7, 11) is 0. The fraction of sp³-hybridized carbons (Fsp3) is 0.333. The number of hydrogen-bond donors (Lipinski definition) is 3. The molecular formula is C12H16BrN3O3. The molecule has 0 fully saturated rings. The van der Waals surface area contributed by atoms with Crippen molar-refractivity contribution >= 4 is 27.9 Å². The number of rotatable bonds is 6. The Kier molecular flexibility index (Phi) is 6.31. The number of halogens is 1. The average Bonchev–Trinajstić information content (AvgIpc) is 2.34. The average molecular weight is 330 g/mol. The summed E-state index contributed by atoms with van der Waals surface area (Å²) in [6, 6.07) is 4.59. The quantitative estimate of drug-likeness (QED) is 0.729. The van der Waals surface area contributed by atoms with E-state index in [0.717, 1.165) is 16.6 Å². The third kappa shape index (κ3) is 5.71. The lowest BCUT2D eigenvalue weighted by Crippen LogP contribution is -2.38. The van der Waals surface area contributed by atoms with Crippen molar-refractivity contribution in [1.82, 2.24) is 10.6 Å². The molecule has 1 rings (SSSR count). The molecule has 0 radical (unpaired) electrons. The molecule has 0 saturated heterocycles. The molecule has 104 valence electrons. The summed E-state index contributed by atoms with van der Waals surface area (Å²) in [4.78, 5) is 21.7. The minimum atomic E-state index is -0.891. The van der Waals surface area contributed by atoms with Crippen LogP contribution in [0.2, 0.25) is 0 Å². The van der Waals surface area contributed by atoms with Crippen LogP contribution in [0.25, 0.3) is 0 Å². The van der Waals surface area contributed by atoms with Crippen LogP contribution in [-0.4, -0.2) is 25.1 Å². The first-order valence-electron chi connectivity index (χ1n) is 5.74. The molecule has 7 heteroatoms. The van der Waals surface area contributed by atoms with Gasteiger partial charge in [0, 0.05) is 16.6 Å². The zero-order valence-electron chi connectivity index (χ0n) is 10.5. The fourth-order valence-corrected chi connectivity index (χ4v) is 1.81. The Labute approximate surface area is 119 Å². The van der Waals surface area contributed by atoms with Gasteiger partial charge in [-0.15, -0.1) is 0 Å². The van der Waals surface area contributed by atoms with Gasteiger partial charge in [0.05, 0.1) is 0 Å². The zero-order chi connectivity index (χ0) is 14.3. The van der Waals surface area contributed by atoms with E-state index >= 15 is 0 Å². The zero-order valence-corrected chi connectivity index (χ0v) is 12.1. The topological polar surface area (TPSA) is 93.4 Å². The number of nitrogens with two attached hydrogens (primary N) is 1. The number of urea groups is 1. The molecule has 0 saturated carbocycles. The van der Waals surface area contributed by atoms with Crippen LogP contribution in [0.1, 0.15) is 12.5 Å². The highest BCUT2D eigenvalue weighted by Crippen LogP contribution is 2.23. The van der Waals surface area contributed by atoms with E-state index in [1.807, 2.05) is 24.4 Å². The van der Waals surface area contributed by atoms with E-state index in [2.05, 4.69) is 21.2 Å². The van der Waals surface area contributed by atoms with Gasteiger partial charge in [-0.05, 0) is 24.7 Å². The van der Waals surface area contributed by atoms with Crippen molar-refractivity contribution in [3.63, 3.8) is 0 Å². The first kappa shape index (κ1) is 15.5. The lowest BCUT2D eigenvalue weighted by molar-refractivity contribution is -0.121. The Morgan fingerprint density at radius 1 is 1.42 bits per heavy atom. The molecule has 0 aliphatic heterocycles. The molecule has 6 nitrogen and oxygen atoms in total. The second kappa shape index (κ2) is 7.75. The van der Waals surface area contributed by atoms with Crippen LogP contribution < -0.4 is 21.1 Å². The molecule has 4 N–H and O–H groups in total. The van der Waals surface area contributed by atoms with Crippen molar-refractivity contribution in [3.05, 3.63) is 28.2 Å². The van der Waals surface area contributed by atoms with Crippen molar-refractivity contribution in [2.75, 3.05) is 13.2 Å². The van der Waals surface area contributed by atoms with Gasteiger partial charge >= 0.3 is 6.03 Å². The summed E-state index contributed by atoms with van der Waals surface area (Å²) in [6.07, 6.45) is 0. The Balaban J connectivity index is 2.66. The van der Waals surface area contributed by atoms with Crippen molar-refractivity contribution in [1.29, 1.82) is 0 Å². The number of amides is 3. The van der Waals surface area contributed by atoms with Crippen LogP contribution >= 0.6 is 15.9 Å². The summed E-state index contributed by atoms with van der Waals surface area (Å²) in [6.45, 7) is 3.19. The number of nitrogens with one attached hydrogen (secondary N) is 2. The van der Waals surface area contributed by atoms with Crippen molar-refractivity contribution in [2.24, 2.45) is 5.73 Å². The maximum atomic E-state index is 11.3. The number of ether oxygens (including phenoxy) is 1. The molecule has 0 unspecified atom stereocenters. The van der Waals surface area contributed by atoms with E-state index in [-0.39, 0.29) is 6.61 Å². The molecule has 0 heterocycles. The standard InChI is InChI=1S/C12H16BrN3O3/c1-2-15-6-8-5-9(13)3-4-10(8)19-7-11(17)16-12(14)18/h3-5,15H,2,6-7H2,1H3,(H3,14,16,17,18). The Hall–Kier alpha value is -1.60. The molecule has 0 aromatic heterocycles. The van der Waals surface area contributed by atoms with Crippen molar-refractivity contribution in [2.45, 2.75) is 13.5 Å². The van der Waals surface area contributed by atoms with Crippen LogP contribution in [0.4, 0.5) is 4.79 Å². The molecular weight excluding hydrogens is 314 g/mol. The van der Waals surface area contributed by atoms with Crippen LogP contribution in [-0.2, 0) is 11.3 Å². The van der Waals surface area contributed by atoms with Gasteiger partial charge < -0.3 is 15.8 Å². The van der Waals surface area contributed by atoms with E-state index in [1.54, 1.807) is 6.07 Å². The highest BCUT2D eigenvalue weighted by atomic mass is 79.9. The summed E-state index contributed by atoms with van der Waals surface area (Å²) in [5.41, 5.74) is 5.75. The molecule has 3 amide bonds. The van der Waals surface area contributed by atoms with Crippen molar-refractivity contribution < 1.29 is 14.3 Å². The maximum Gasteiger partial charge on any atom is 0.318 e. The lowest BCUT2D eigenvalue weighted by Gasteiger charge is -2.12. The Morgan fingerprint density at radius 2 is 2.16 bits per heavy atom. The first-order valence-corrected chi connectivity index (χ1v) is 6.53. The SMILES string of the molecule is CCNCc1cc(Br)ccc1OCC(=O)NC(N)=O. The highest BCUT2D eigenvalue weighted by molar-refractivity contribution is 9.10. The summed E-state index contributed by atoms with van der Waals surface area (Å²) in [5.74, 6) is 0.00795. The monoisotopic (exact) mass is 329 g/mol. The molecule has 0 bridgehead atoms. The van der Waals surface area contributed by atoms with Crippen molar-refractivity contribution in [3.8, 4) is 5.75 Å². The highest BCUT2D eigenvalue weighted by Gasteiger charge is 2.08.